The molecule has 0 aliphatic carbocycles. The van der Waals surface area contributed by atoms with Crippen LogP contribution in [0.2, 0.25) is 0 Å². The van der Waals surface area contributed by atoms with Crippen molar-refractivity contribution in [3.05, 3.63) is 11.1 Å². The highest BCUT2D eigenvalue weighted by Gasteiger charge is 2.04. The van der Waals surface area contributed by atoms with Crippen molar-refractivity contribution < 1.29 is 14.1 Å². The highest BCUT2D eigenvalue weighted by atomic mass is 32.2. The third-order valence-corrected chi connectivity index (χ3v) is 4.23. The standard InChI is InChI=1S/C10H16N2O3S2/c1-2-17(15)6-5-11-10-12-8(7-16-10)3-4-9(13)14/h7H,2-6H2,1H3,(H,11,12)(H,13,14). The van der Waals surface area contributed by atoms with Crippen molar-refractivity contribution in [3.63, 3.8) is 0 Å². The number of hydrogen-bond acceptors (Lipinski definition) is 5. The van der Waals surface area contributed by atoms with Gasteiger partial charge in [0, 0.05) is 40.7 Å². The number of carbonyl (C=O) groups is 1. The second-order valence-electron chi connectivity index (χ2n) is 3.40. The van der Waals surface area contributed by atoms with Crippen molar-refractivity contribution in [2.45, 2.75) is 19.8 Å². The van der Waals surface area contributed by atoms with E-state index in [2.05, 4.69) is 10.3 Å². The summed E-state index contributed by atoms with van der Waals surface area (Å²) in [5.74, 6) is 0.468. The van der Waals surface area contributed by atoms with E-state index in [9.17, 15) is 9.00 Å². The lowest BCUT2D eigenvalue weighted by Gasteiger charge is -2.00. The average molecular weight is 276 g/mol. The SMILES string of the molecule is CCS(=O)CCNc1nc(CCC(=O)O)cs1. The summed E-state index contributed by atoms with van der Waals surface area (Å²) in [7, 11) is -0.767. The minimum absolute atomic E-state index is 0.100. The van der Waals surface area contributed by atoms with Gasteiger partial charge >= 0.3 is 5.97 Å². The highest BCUT2D eigenvalue weighted by molar-refractivity contribution is 7.84. The Balaban J connectivity index is 2.30. The van der Waals surface area contributed by atoms with Gasteiger partial charge in [-0.2, -0.15) is 0 Å². The van der Waals surface area contributed by atoms with E-state index >= 15 is 0 Å². The summed E-state index contributed by atoms with van der Waals surface area (Å²) < 4.78 is 11.2. The van der Waals surface area contributed by atoms with E-state index in [0.29, 0.717) is 24.5 Å². The molecule has 17 heavy (non-hydrogen) atoms. The smallest absolute Gasteiger partial charge is 0.303 e. The van der Waals surface area contributed by atoms with Gasteiger partial charge in [-0.3, -0.25) is 9.00 Å². The molecule has 0 amide bonds. The zero-order valence-corrected chi connectivity index (χ0v) is 11.3. The molecule has 0 saturated heterocycles. The molecule has 1 unspecified atom stereocenters. The van der Waals surface area contributed by atoms with Crippen LogP contribution in [0, 0.1) is 0 Å². The Morgan fingerprint density at radius 1 is 1.65 bits per heavy atom. The van der Waals surface area contributed by atoms with Crippen LogP contribution in [0.5, 0.6) is 0 Å². The molecule has 0 aromatic carbocycles. The van der Waals surface area contributed by atoms with Gasteiger partial charge in [0.05, 0.1) is 12.1 Å². The van der Waals surface area contributed by atoms with Crippen molar-refractivity contribution in [1.82, 2.24) is 4.98 Å². The van der Waals surface area contributed by atoms with Gasteiger partial charge < -0.3 is 10.4 Å². The number of thiazole rings is 1. The highest BCUT2D eigenvalue weighted by Crippen LogP contribution is 2.16. The Morgan fingerprint density at radius 3 is 3.06 bits per heavy atom. The molecule has 0 aliphatic heterocycles. The fraction of sp³-hybridized carbons (Fsp3) is 0.600. The van der Waals surface area contributed by atoms with E-state index in [1.807, 2.05) is 12.3 Å². The molecule has 7 heteroatoms. The molecule has 1 aromatic rings. The number of nitrogens with one attached hydrogen (secondary N) is 1. The normalized spacial score (nSPS) is 12.3. The third kappa shape index (κ3) is 5.78. The Hall–Kier alpha value is -0.950. The molecule has 0 saturated carbocycles. The zero-order valence-electron chi connectivity index (χ0n) is 9.64. The first-order valence-corrected chi connectivity index (χ1v) is 7.73. The quantitative estimate of drug-likeness (QED) is 0.749. The first-order chi connectivity index (χ1) is 8.11. The number of aromatic nitrogens is 1. The van der Waals surface area contributed by atoms with Gasteiger partial charge in [-0.15, -0.1) is 11.3 Å². The van der Waals surface area contributed by atoms with E-state index in [4.69, 9.17) is 5.11 Å². The Labute approximate surface area is 107 Å². The average Bonchev–Trinajstić information content (AvgIpc) is 2.74. The Bertz CT molecular complexity index is 393. The van der Waals surface area contributed by atoms with Crippen molar-refractivity contribution in [2.75, 3.05) is 23.4 Å². The maximum atomic E-state index is 11.2. The predicted octanol–water partition coefficient (Wildman–Crippen LogP) is 1.34. The van der Waals surface area contributed by atoms with Crippen LogP contribution in [-0.2, 0) is 22.0 Å². The lowest BCUT2D eigenvalue weighted by Crippen LogP contribution is -2.11. The number of carboxylic acid groups (broad SMARTS) is 1. The number of carboxylic acids is 1. The van der Waals surface area contributed by atoms with Crippen LogP contribution in [0.25, 0.3) is 0 Å². The number of hydrogen-bond donors (Lipinski definition) is 2. The van der Waals surface area contributed by atoms with Gasteiger partial charge in [-0.05, 0) is 0 Å². The van der Waals surface area contributed by atoms with E-state index in [1.54, 1.807) is 0 Å². The van der Waals surface area contributed by atoms with Crippen LogP contribution in [0.3, 0.4) is 0 Å². The fourth-order valence-electron chi connectivity index (χ4n) is 1.15. The predicted molar refractivity (Wildman–Crippen MR) is 70.1 cm³/mol. The molecular formula is C10H16N2O3S2. The third-order valence-electron chi connectivity index (χ3n) is 2.07. The van der Waals surface area contributed by atoms with Gasteiger partial charge in [-0.25, -0.2) is 4.98 Å². The molecule has 0 fully saturated rings. The molecule has 1 rings (SSSR count). The molecule has 0 radical (unpaired) electrons. The molecular weight excluding hydrogens is 260 g/mol. The van der Waals surface area contributed by atoms with Crippen molar-refractivity contribution >= 4 is 33.2 Å². The van der Waals surface area contributed by atoms with Gasteiger partial charge in [0.2, 0.25) is 0 Å². The van der Waals surface area contributed by atoms with Gasteiger partial charge in [0.25, 0.3) is 0 Å². The first-order valence-electron chi connectivity index (χ1n) is 5.37. The van der Waals surface area contributed by atoms with E-state index < -0.39 is 16.8 Å². The second kappa shape index (κ2) is 7.39. The molecule has 1 heterocycles. The maximum absolute atomic E-state index is 11.2. The molecule has 1 aromatic heterocycles. The van der Waals surface area contributed by atoms with Crippen LogP contribution < -0.4 is 5.32 Å². The van der Waals surface area contributed by atoms with E-state index in [1.165, 1.54) is 11.3 Å². The van der Waals surface area contributed by atoms with E-state index in [-0.39, 0.29) is 6.42 Å². The van der Waals surface area contributed by atoms with E-state index in [0.717, 1.165) is 10.8 Å². The number of aliphatic carboxylic acids is 1. The Morgan fingerprint density at radius 2 is 2.41 bits per heavy atom. The summed E-state index contributed by atoms with van der Waals surface area (Å²) in [4.78, 5) is 14.6. The van der Waals surface area contributed by atoms with Gasteiger partial charge in [0.1, 0.15) is 0 Å². The summed E-state index contributed by atoms with van der Waals surface area (Å²) in [5.41, 5.74) is 0.788. The van der Waals surface area contributed by atoms with Crippen molar-refractivity contribution in [1.29, 1.82) is 0 Å². The summed E-state index contributed by atoms with van der Waals surface area (Å²) in [6.07, 6.45) is 0.553. The molecule has 96 valence electrons. The molecule has 5 nitrogen and oxygen atoms in total. The number of rotatable bonds is 8. The van der Waals surface area contributed by atoms with Crippen LogP contribution >= 0.6 is 11.3 Å². The molecule has 1 atom stereocenters. The minimum Gasteiger partial charge on any atom is -0.481 e. The summed E-state index contributed by atoms with van der Waals surface area (Å²) >= 11 is 1.45. The van der Waals surface area contributed by atoms with Gasteiger partial charge in [0.15, 0.2) is 5.13 Å². The minimum atomic E-state index is -0.814. The largest absolute Gasteiger partial charge is 0.481 e. The summed E-state index contributed by atoms with van der Waals surface area (Å²) in [6.45, 7) is 2.52. The monoisotopic (exact) mass is 276 g/mol. The van der Waals surface area contributed by atoms with Crippen molar-refractivity contribution in [2.24, 2.45) is 0 Å². The molecule has 0 aliphatic rings. The number of aryl methyl sites for hydroxylation is 1. The summed E-state index contributed by atoms with van der Waals surface area (Å²) in [6, 6.07) is 0. The molecule has 2 N–H and O–H groups in total. The van der Waals surface area contributed by atoms with Crippen LogP contribution in [0.15, 0.2) is 5.38 Å². The second-order valence-corrected chi connectivity index (χ2v) is 6.12. The lowest BCUT2D eigenvalue weighted by atomic mass is 10.2. The van der Waals surface area contributed by atoms with Crippen molar-refractivity contribution in [3.8, 4) is 0 Å². The van der Waals surface area contributed by atoms with Crippen LogP contribution in [0.4, 0.5) is 5.13 Å². The lowest BCUT2D eigenvalue weighted by molar-refractivity contribution is -0.136. The zero-order chi connectivity index (χ0) is 12.7. The Kier molecular flexibility index (Phi) is 6.13. The van der Waals surface area contributed by atoms with Gasteiger partial charge in [-0.1, -0.05) is 6.92 Å². The number of nitrogens with zero attached hydrogens (tertiary/aromatic N) is 1. The maximum Gasteiger partial charge on any atom is 0.303 e. The molecule has 0 spiro atoms. The number of anilines is 1. The first kappa shape index (κ1) is 14.1. The van der Waals surface area contributed by atoms with Crippen LogP contribution in [0.1, 0.15) is 19.0 Å². The topological polar surface area (TPSA) is 79.3 Å². The fourth-order valence-corrected chi connectivity index (χ4v) is 2.55. The van der Waals surface area contributed by atoms with Crippen LogP contribution in [-0.4, -0.2) is 38.3 Å². The summed E-state index contributed by atoms with van der Waals surface area (Å²) in [5, 5.41) is 14.2. The molecule has 0 bridgehead atoms.